The van der Waals surface area contributed by atoms with E-state index < -0.39 is 0 Å². The molecule has 1 aliphatic rings. The molecule has 0 saturated carbocycles. The summed E-state index contributed by atoms with van der Waals surface area (Å²) in [5.74, 6) is 0. The molecule has 0 N–H and O–H groups in total. The second-order valence-electron chi connectivity index (χ2n) is 16.9. The highest BCUT2D eigenvalue weighted by Crippen LogP contribution is 2.50. The van der Waals surface area contributed by atoms with Crippen LogP contribution in [0.15, 0.2) is 218 Å². The van der Waals surface area contributed by atoms with Gasteiger partial charge in [-0.15, -0.1) is 0 Å². The fraction of sp³-hybridized carbons (Fsp3) is 0.0508. The van der Waals surface area contributed by atoms with E-state index in [2.05, 4.69) is 242 Å². The average Bonchev–Trinajstić information content (AvgIpc) is 3.77. The highest BCUT2D eigenvalue weighted by molar-refractivity contribution is 6.12. The number of hydrogen-bond donors (Lipinski definition) is 0. The van der Waals surface area contributed by atoms with Crippen LogP contribution < -0.4 is 4.90 Å². The monoisotopic (exact) mass is 778 g/mol. The largest absolute Gasteiger partial charge is 0.308 e. The van der Waals surface area contributed by atoms with E-state index in [9.17, 15) is 0 Å². The highest BCUT2D eigenvalue weighted by Gasteiger charge is 2.35. The van der Waals surface area contributed by atoms with Crippen molar-refractivity contribution in [2.24, 2.45) is 0 Å². The van der Waals surface area contributed by atoms with Crippen molar-refractivity contribution in [2.45, 2.75) is 19.3 Å². The van der Waals surface area contributed by atoms with Gasteiger partial charge in [0.15, 0.2) is 0 Å². The van der Waals surface area contributed by atoms with E-state index in [0.29, 0.717) is 0 Å². The Morgan fingerprint density at radius 3 is 1.80 bits per heavy atom. The van der Waals surface area contributed by atoms with E-state index in [-0.39, 0.29) is 5.41 Å². The van der Waals surface area contributed by atoms with Crippen molar-refractivity contribution in [2.75, 3.05) is 4.90 Å². The average molecular weight is 779 g/mol. The van der Waals surface area contributed by atoms with E-state index in [0.717, 1.165) is 22.7 Å². The topological polar surface area (TPSA) is 8.17 Å². The predicted octanol–water partition coefficient (Wildman–Crippen LogP) is 16.2. The third-order valence-corrected chi connectivity index (χ3v) is 13.2. The van der Waals surface area contributed by atoms with Crippen LogP contribution in [0.3, 0.4) is 0 Å². The van der Waals surface area contributed by atoms with Gasteiger partial charge in [0, 0.05) is 27.6 Å². The molecule has 1 aliphatic carbocycles. The standard InChI is InChI=1S/C59H42N2/c1-59(2)53-24-8-5-19-49(53)52-38-41(32-36-54(52)59)39-29-33-43(34-30-39)60(57-27-11-12-28-58(57)61-55-25-9-6-20-50(55)51-21-7-10-26-56(51)61)44-17-13-16-42(37-44)46-22-14-23-47-45-18-4-3-15-40(45)31-35-48(46)47/h3-38H,1-2H3. The number of benzene rings is 10. The van der Waals surface area contributed by atoms with Crippen LogP contribution in [0.25, 0.3) is 82.4 Å². The molecule has 0 amide bonds. The summed E-state index contributed by atoms with van der Waals surface area (Å²) >= 11 is 0. The Hall–Kier alpha value is -7.68. The second-order valence-corrected chi connectivity index (χ2v) is 16.9. The lowest BCUT2D eigenvalue weighted by atomic mass is 9.82. The number of nitrogens with zero attached hydrogens (tertiary/aromatic N) is 2. The molecule has 12 rings (SSSR count). The van der Waals surface area contributed by atoms with Crippen molar-refractivity contribution in [3.8, 4) is 39.1 Å². The molecule has 0 saturated heterocycles. The summed E-state index contributed by atoms with van der Waals surface area (Å²) in [6, 6.07) is 80.5. The molecule has 11 aromatic rings. The zero-order valence-electron chi connectivity index (χ0n) is 34.2. The Morgan fingerprint density at radius 1 is 0.361 bits per heavy atom. The SMILES string of the molecule is CC1(C)c2ccccc2-c2cc(-c3ccc(N(c4cccc(-c5cccc6c5ccc5ccccc56)c4)c4ccccc4-n4c5ccccc5c5ccccc54)cc3)ccc21. The molecule has 0 aliphatic heterocycles. The van der Waals surface area contributed by atoms with Crippen LogP contribution in [-0.2, 0) is 5.41 Å². The van der Waals surface area contributed by atoms with Crippen LogP contribution in [0, 0.1) is 0 Å². The zero-order chi connectivity index (χ0) is 40.7. The number of anilines is 3. The Balaban J connectivity index is 1.04. The number of fused-ring (bicyclic) bond motifs is 9. The van der Waals surface area contributed by atoms with Crippen LogP contribution in [0.5, 0.6) is 0 Å². The van der Waals surface area contributed by atoms with E-state index in [4.69, 9.17) is 0 Å². The summed E-state index contributed by atoms with van der Waals surface area (Å²) in [7, 11) is 0. The lowest BCUT2D eigenvalue weighted by molar-refractivity contribution is 0.660. The van der Waals surface area contributed by atoms with Crippen molar-refractivity contribution in [3.05, 3.63) is 230 Å². The molecule has 0 spiro atoms. The normalized spacial score (nSPS) is 12.9. The van der Waals surface area contributed by atoms with Crippen molar-refractivity contribution in [1.82, 2.24) is 4.57 Å². The molecule has 0 fully saturated rings. The summed E-state index contributed by atoms with van der Waals surface area (Å²) in [6.45, 7) is 4.68. The van der Waals surface area contributed by atoms with E-state index in [1.807, 2.05) is 0 Å². The minimum absolute atomic E-state index is 0.0209. The molecule has 1 heterocycles. The maximum absolute atomic E-state index is 2.44. The third kappa shape index (κ3) is 5.49. The zero-order valence-corrected chi connectivity index (χ0v) is 34.2. The first-order valence-corrected chi connectivity index (χ1v) is 21.3. The number of para-hydroxylation sites is 4. The second kappa shape index (κ2) is 13.7. The van der Waals surface area contributed by atoms with Gasteiger partial charge in [0.2, 0.25) is 0 Å². The molecule has 0 bridgehead atoms. The number of rotatable bonds is 6. The smallest absolute Gasteiger partial charge is 0.0702 e. The summed E-state index contributed by atoms with van der Waals surface area (Å²) in [5, 5.41) is 7.54. The molecule has 10 aromatic carbocycles. The first kappa shape index (κ1) is 35.3. The third-order valence-electron chi connectivity index (χ3n) is 13.2. The van der Waals surface area contributed by atoms with E-state index in [1.54, 1.807) is 0 Å². The van der Waals surface area contributed by atoms with Gasteiger partial charge in [-0.25, -0.2) is 0 Å². The maximum atomic E-state index is 2.44. The molecule has 61 heavy (non-hydrogen) atoms. The van der Waals surface area contributed by atoms with Gasteiger partial charge < -0.3 is 9.47 Å². The summed E-state index contributed by atoms with van der Waals surface area (Å²) in [5.41, 5.74) is 17.0. The molecular weight excluding hydrogens is 737 g/mol. The molecule has 0 radical (unpaired) electrons. The van der Waals surface area contributed by atoms with Gasteiger partial charge >= 0.3 is 0 Å². The number of hydrogen-bond acceptors (Lipinski definition) is 1. The van der Waals surface area contributed by atoms with Crippen LogP contribution >= 0.6 is 0 Å². The molecule has 2 heteroatoms. The lowest BCUT2D eigenvalue weighted by Crippen LogP contribution is -2.14. The van der Waals surface area contributed by atoms with Gasteiger partial charge in [0.05, 0.1) is 22.4 Å². The summed E-state index contributed by atoms with van der Waals surface area (Å²) in [4.78, 5) is 2.44. The molecular formula is C59H42N2. The van der Waals surface area contributed by atoms with E-state index in [1.165, 1.54) is 87.9 Å². The Kier molecular flexibility index (Phi) is 7.92. The van der Waals surface area contributed by atoms with Crippen molar-refractivity contribution in [3.63, 3.8) is 0 Å². The van der Waals surface area contributed by atoms with Crippen LogP contribution in [0.1, 0.15) is 25.0 Å². The highest BCUT2D eigenvalue weighted by atomic mass is 15.2. The van der Waals surface area contributed by atoms with Gasteiger partial charge in [-0.2, -0.15) is 0 Å². The van der Waals surface area contributed by atoms with E-state index >= 15 is 0 Å². The fourth-order valence-corrected chi connectivity index (χ4v) is 10.3. The minimum Gasteiger partial charge on any atom is -0.308 e. The fourth-order valence-electron chi connectivity index (χ4n) is 10.3. The van der Waals surface area contributed by atoms with Crippen LogP contribution in [-0.4, -0.2) is 4.57 Å². The molecule has 0 unspecified atom stereocenters. The molecule has 1 aromatic heterocycles. The van der Waals surface area contributed by atoms with Crippen molar-refractivity contribution < 1.29 is 0 Å². The van der Waals surface area contributed by atoms with Gasteiger partial charge in [-0.3, -0.25) is 0 Å². The lowest BCUT2D eigenvalue weighted by Gasteiger charge is -2.29. The maximum Gasteiger partial charge on any atom is 0.0702 e. The van der Waals surface area contributed by atoms with Gasteiger partial charge in [-0.05, 0) is 121 Å². The Bertz CT molecular complexity index is 3460. The van der Waals surface area contributed by atoms with Crippen molar-refractivity contribution in [1.29, 1.82) is 0 Å². The quantitative estimate of drug-likeness (QED) is 0.153. The van der Waals surface area contributed by atoms with Crippen LogP contribution in [0.4, 0.5) is 17.1 Å². The van der Waals surface area contributed by atoms with Gasteiger partial charge in [0.1, 0.15) is 0 Å². The van der Waals surface area contributed by atoms with Crippen LogP contribution in [0.2, 0.25) is 0 Å². The summed E-state index contributed by atoms with van der Waals surface area (Å²) in [6.07, 6.45) is 0. The van der Waals surface area contributed by atoms with Gasteiger partial charge in [-0.1, -0.05) is 178 Å². The van der Waals surface area contributed by atoms with Crippen molar-refractivity contribution >= 4 is 60.4 Å². The first-order chi connectivity index (χ1) is 30.0. The summed E-state index contributed by atoms with van der Waals surface area (Å²) < 4.78 is 2.44. The predicted molar refractivity (Wildman–Crippen MR) is 259 cm³/mol. The Labute approximate surface area is 356 Å². The minimum atomic E-state index is -0.0209. The first-order valence-electron chi connectivity index (χ1n) is 21.3. The number of aromatic nitrogens is 1. The molecule has 0 atom stereocenters. The molecule has 2 nitrogen and oxygen atoms in total. The Morgan fingerprint density at radius 2 is 0.984 bits per heavy atom. The van der Waals surface area contributed by atoms with Gasteiger partial charge in [0.25, 0.3) is 0 Å². The molecule has 288 valence electrons.